The molecule has 2 aromatic carbocycles. The van der Waals surface area contributed by atoms with Crippen molar-refractivity contribution >= 4 is 0 Å². The summed E-state index contributed by atoms with van der Waals surface area (Å²) in [6.07, 6.45) is 0. The maximum atomic E-state index is 13.2. The van der Waals surface area contributed by atoms with E-state index in [1.54, 1.807) is 24.3 Å². The lowest BCUT2D eigenvalue weighted by Crippen LogP contribution is -2.04. The minimum absolute atomic E-state index is 0.206. The molecular formula is C19H16F2N2O. The first-order valence-electron chi connectivity index (χ1n) is 7.51. The van der Waals surface area contributed by atoms with Crippen molar-refractivity contribution in [2.75, 3.05) is 0 Å². The quantitative estimate of drug-likeness (QED) is 0.702. The highest BCUT2D eigenvalue weighted by Gasteiger charge is 2.11. The van der Waals surface area contributed by atoms with Crippen molar-refractivity contribution in [2.24, 2.45) is 0 Å². The Morgan fingerprint density at radius 1 is 0.917 bits per heavy atom. The third kappa shape index (κ3) is 3.56. The highest BCUT2D eigenvalue weighted by molar-refractivity contribution is 5.56. The topological polar surface area (TPSA) is 35.0 Å². The van der Waals surface area contributed by atoms with Crippen LogP contribution in [0.2, 0.25) is 0 Å². The molecule has 24 heavy (non-hydrogen) atoms. The number of benzene rings is 2. The van der Waals surface area contributed by atoms with Crippen molar-refractivity contribution in [3.8, 4) is 17.3 Å². The number of aromatic nitrogens is 2. The molecule has 3 nitrogen and oxygen atoms in total. The summed E-state index contributed by atoms with van der Waals surface area (Å²) in [4.78, 5) is 8.85. The van der Waals surface area contributed by atoms with E-state index in [0.717, 1.165) is 11.3 Å². The minimum Gasteiger partial charge on any atom is -0.473 e. The minimum atomic E-state index is -0.315. The van der Waals surface area contributed by atoms with Crippen LogP contribution in [-0.4, -0.2) is 9.97 Å². The van der Waals surface area contributed by atoms with E-state index >= 15 is 0 Å². The van der Waals surface area contributed by atoms with Crippen LogP contribution < -0.4 is 4.74 Å². The molecule has 0 aliphatic heterocycles. The van der Waals surface area contributed by atoms with Crippen molar-refractivity contribution in [3.05, 3.63) is 77.0 Å². The molecule has 0 atom stereocenters. The van der Waals surface area contributed by atoms with Gasteiger partial charge in [0.25, 0.3) is 0 Å². The van der Waals surface area contributed by atoms with Gasteiger partial charge in [0.2, 0.25) is 5.88 Å². The van der Waals surface area contributed by atoms with Crippen LogP contribution in [0.1, 0.15) is 16.8 Å². The summed E-state index contributed by atoms with van der Waals surface area (Å²) in [5, 5.41) is 0. The predicted octanol–water partition coefficient (Wildman–Crippen LogP) is 4.62. The highest BCUT2D eigenvalue weighted by Crippen LogP contribution is 2.24. The van der Waals surface area contributed by atoms with E-state index in [9.17, 15) is 8.78 Å². The van der Waals surface area contributed by atoms with Gasteiger partial charge in [0.15, 0.2) is 5.82 Å². The normalized spacial score (nSPS) is 10.7. The predicted molar refractivity (Wildman–Crippen MR) is 87.6 cm³/mol. The molecule has 5 heteroatoms. The molecule has 0 amide bonds. The van der Waals surface area contributed by atoms with Gasteiger partial charge in [-0.15, -0.1) is 0 Å². The molecule has 0 saturated heterocycles. The number of hydrogen-bond donors (Lipinski definition) is 0. The zero-order valence-corrected chi connectivity index (χ0v) is 13.4. The zero-order valence-electron chi connectivity index (χ0n) is 13.4. The monoisotopic (exact) mass is 326 g/mol. The van der Waals surface area contributed by atoms with Crippen LogP contribution in [0.25, 0.3) is 11.4 Å². The second-order valence-electron chi connectivity index (χ2n) is 5.49. The lowest BCUT2D eigenvalue weighted by atomic mass is 10.2. The SMILES string of the molecule is Cc1nc(-c2ccc(F)cc2)nc(OCc2cccc(F)c2)c1C. The number of rotatable bonds is 4. The third-order valence-electron chi connectivity index (χ3n) is 3.71. The maximum Gasteiger partial charge on any atom is 0.220 e. The molecule has 0 unspecified atom stereocenters. The second kappa shape index (κ2) is 6.74. The van der Waals surface area contributed by atoms with Crippen LogP contribution in [0, 0.1) is 25.5 Å². The van der Waals surface area contributed by atoms with Crippen LogP contribution >= 0.6 is 0 Å². The van der Waals surface area contributed by atoms with Gasteiger partial charge in [-0.1, -0.05) is 12.1 Å². The fraction of sp³-hybridized carbons (Fsp3) is 0.158. The van der Waals surface area contributed by atoms with E-state index in [4.69, 9.17) is 4.74 Å². The Kier molecular flexibility index (Phi) is 4.51. The van der Waals surface area contributed by atoms with E-state index in [2.05, 4.69) is 9.97 Å². The van der Waals surface area contributed by atoms with Gasteiger partial charge in [0, 0.05) is 16.8 Å². The number of hydrogen-bond acceptors (Lipinski definition) is 3. The van der Waals surface area contributed by atoms with Crippen molar-refractivity contribution in [2.45, 2.75) is 20.5 Å². The van der Waals surface area contributed by atoms with Crippen LogP contribution in [0.3, 0.4) is 0 Å². The van der Waals surface area contributed by atoms with E-state index in [1.807, 2.05) is 13.8 Å². The Labute approximate surface area is 139 Å². The molecule has 0 aliphatic carbocycles. The van der Waals surface area contributed by atoms with Gasteiger partial charge >= 0.3 is 0 Å². The molecule has 0 spiro atoms. The molecule has 0 N–H and O–H groups in total. The van der Waals surface area contributed by atoms with E-state index in [1.165, 1.54) is 24.3 Å². The number of halogens is 2. The van der Waals surface area contributed by atoms with Gasteiger partial charge in [0.05, 0.1) is 0 Å². The molecule has 3 aromatic rings. The van der Waals surface area contributed by atoms with E-state index < -0.39 is 0 Å². The van der Waals surface area contributed by atoms with Crippen molar-refractivity contribution in [1.82, 2.24) is 9.97 Å². The lowest BCUT2D eigenvalue weighted by molar-refractivity contribution is 0.290. The van der Waals surface area contributed by atoms with Gasteiger partial charge in [-0.3, -0.25) is 0 Å². The van der Waals surface area contributed by atoms with Crippen molar-refractivity contribution in [1.29, 1.82) is 0 Å². The fourth-order valence-electron chi connectivity index (χ4n) is 2.25. The van der Waals surface area contributed by atoms with Crippen LogP contribution in [-0.2, 0) is 6.61 Å². The number of ether oxygens (including phenoxy) is 1. The molecule has 0 fully saturated rings. The van der Waals surface area contributed by atoms with Crippen molar-refractivity contribution < 1.29 is 13.5 Å². The lowest BCUT2D eigenvalue weighted by Gasteiger charge is -2.12. The van der Waals surface area contributed by atoms with Gasteiger partial charge in [-0.05, 0) is 55.8 Å². The first kappa shape index (κ1) is 16.1. The summed E-state index contributed by atoms with van der Waals surface area (Å²) in [6.45, 7) is 3.93. The Morgan fingerprint density at radius 2 is 1.67 bits per heavy atom. The molecule has 0 saturated carbocycles. The summed E-state index contributed by atoms with van der Waals surface area (Å²) in [5.74, 6) is 0.280. The van der Waals surface area contributed by atoms with Crippen LogP contribution in [0.4, 0.5) is 8.78 Å². The average Bonchev–Trinajstić information content (AvgIpc) is 2.57. The molecule has 3 rings (SSSR count). The smallest absolute Gasteiger partial charge is 0.220 e. The fourth-order valence-corrected chi connectivity index (χ4v) is 2.25. The van der Waals surface area contributed by atoms with E-state index in [-0.39, 0.29) is 18.2 Å². The second-order valence-corrected chi connectivity index (χ2v) is 5.49. The molecule has 122 valence electrons. The Bertz CT molecular complexity index is 864. The average molecular weight is 326 g/mol. The summed E-state index contributed by atoms with van der Waals surface area (Å²) in [5.41, 5.74) is 3.01. The molecule has 1 aromatic heterocycles. The highest BCUT2D eigenvalue weighted by atomic mass is 19.1. The molecule has 1 heterocycles. The number of aryl methyl sites for hydroxylation is 1. The number of nitrogens with zero attached hydrogens (tertiary/aromatic N) is 2. The summed E-state index contributed by atoms with van der Waals surface area (Å²) >= 11 is 0. The summed E-state index contributed by atoms with van der Waals surface area (Å²) in [7, 11) is 0. The first-order chi connectivity index (χ1) is 11.5. The molecule has 0 aliphatic rings. The molecule has 0 bridgehead atoms. The van der Waals surface area contributed by atoms with Gasteiger partial charge in [-0.2, -0.15) is 4.98 Å². The van der Waals surface area contributed by atoms with Gasteiger partial charge < -0.3 is 4.74 Å². The molecular weight excluding hydrogens is 310 g/mol. The van der Waals surface area contributed by atoms with Crippen LogP contribution in [0.5, 0.6) is 5.88 Å². The zero-order chi connectivity index (χ0) is 17.1. The van der Waals surface area contributed by atoms with Crippen molar-refractivity contribution in [3.63, 3.8) is 0 Å². The van der Waals surface area contributed by atoms with Crippen LogP contribution in [0.15, 0.2) is 48.5 Å². The van der Waals surface area contributed by atoms with E-state index in [0.29, 0.717) is 22.8 Å². The van der Waals surface area contributed by atoms with Gasteiger partial charge in [0.1, 0.15) is 18.2 Å². The Balaban J connectivity index is 1.88. The molecule has 0 radical (unpaired) electrons. The van der Waals surface area contributed by atoms with Gasteiger partial charge in [-0.25, -0.2) is 13.8 Å². The standard InChI is InChI=1S/C19H16F2N2O/c1-12-13(2)22-18(15-6-8-16(20)9-7-15)23-19(12)24-11-14-4-3-5-17(21)10-14/h3-10H,11H2,1-2H3. The largest absolute Gasteiger partial charge is 0.473 e. The first-order valence-corrected chi connectivity index (χ1v) is 7.51. The Hall–Kier alpha value is -2.82. The summed E-state index contributed by atoms with van der Waals surface area (Å²) < 4.78 is 32.1. The Morgan fingerprint density at radius 3 is 2.38 bits per heavy atom. The maximum absolute atomic E-state index is 13.2. The summed E-state index contributed by atoms with van der Waals surface area (Å²) in [6, 6.07) is 12.2. The third-order valence-corrected chi connectivity index (χ3v) is 3.71.